The highest BCUT2D eigenvalue weighted by atomic mass is 35.5. The van der Waals surface area contributed by atoms with E-state index in [4.69, 9.17) is 32.7 Å². The number of nitrogens with one attached hydrogen (secondary N) is 1. The molecule has 3 aromatic rings. The quantitative estimate of drug-likeness (QED) is 0.240. The van der Waals surface area contributed by atoms with Crippen molar-refractivity contribution >= 4 is 50.7 Å². The van der Waals surface area contributed by atoms with Gasteiger partial charge in [0.05, 0.1) is 34.8 Å². The zero-order chi connectivity index (χ0) is 31.7. The van der Waals surface area contributed by atoms with Crippen LogP contribution in [0, 0.1) is 5.82 Å². The van der Waals surface area contributed by atoms with Gasteiger partial charge in [0, 0.05) is 19.2 Å². The Morgan fingerprint density at radius 3 is 2.19 bits per heavy atom. The van der Waals surface area contributed by atoms with E-state index in [0.29, 0.717) is 29.3 Å². The summed E-state index contributed by atoms with van der Waals surface area (Å²) >= 11 is 12.3. The van der Waals surface area contributed by atoms with Gasteiger partial charge in [-0.3, -0.25) is 13.9 Å². The predicted octanol–water partition coefficient (Wildman–Crippen LogP) is 5.68. The molecule has 0 aliphatic rings. The van der Waals surface area contributed by atoms with E-state index in [1.165, 1.54) is 49.5 Å². The van der Waals surface area contributed by atoms with Crippen molar-refractivity contribution in [1.82, 2.24) is 10.2 Å². The number of ether oxygens (including phenoxy) is 2. The number of hydrogen-bond acceptors (Lipinski definition) is 6. The second-order valence-corrected chi connectivity index (χ2v) is 12.2. The Morgan fingerprint density at radius 1 is 0.930 bits per heavy atom. The van der Waals surface area contributed by atoms with Gasteiger partial charge < -0.3 is 19.7 Å². The van der Waals surface area contributed by atoms with Crippen LogP contribution >= 0.6 is 23.2 Å². The van der Waals surface area contributed by atoms with Crippen molar-refractivity contribution in [2.24, 2.45) is 0 Å². The second-order valence-electron chi connectivity index (χ2n) is 9.49. The highest BCUT2D eigenvalue weighted by Gasteiger charge is 2.34. The number of hydrogen-bond donors (Lipinski definition) is 1. The molecular formula is C30H34Cl2FN3O6S. The number of carbonyl (C=O) groups excluding carboxylic acids is 2. The maximum atomic E-state index is 14.1. The topological polar surface area (TPSA) is 105 Å². The van der Waals surface area contributed by atoms with Crippen molar-refractivity contribution in [2.75, 3.05) is 31.6 Å². The summed E-state index contributed by atoms with van der Waals surface area (Å²) in [6.07, 6.45) is 0.937. The van der Waals surface area contributed by atoms with Gasteiger partial charge >= 0.3 is 0 Å². The van der Waals surface area contributed by atoms with Crippen LogP contribution in [0.15, 0.2) is 65.6 Å². The number of carbonyl (C=O) groups is 2. The van der Waals surface area contributed by atoms with Crippen LogP contribution in [0.25, 0.3) is 0 Å². The lowest BCUT2D eigenvalue weighted by Crippen LogP contribution is -2.52. The van der Waals surface area contributed by atoms with E-state index in [-0.39, 0.29) is 40.2 Å². The molecule has 0 aliphatic carbocycles. The lowest BCUT2D eigenvalue weighted by atomic mass is 10.1. The summed E-state index contributed by atoms with van der Waals surface area (Å²) in [4.78, 5) is 28.4. The first-order valence-corrected chi connectivity index (χ1v) is 15.7. The average Bonchev–Trinajstić information content (AvgIpc) is 3.00. The molecule has 0 spiro atoms. The lowest BCUT2D eigenvalue weighted by Gasteiger charge is -2.33. The van der Waals surface area contributed by atoms with Crippen LogP contribution in [0.5, 0.6) is 11.5 Å². The normalized spacial score (nSPS) is 11.9. The third-order valence-electron chi connectivity index (χ3n) is 6.61. The molecule has 0 saturated heterocycles. The van der Waals surface area contributed by atoms with E-state index in [1.807, 2.05) is 6.92 Å². The summed E-state index contributed by atoms with van der Waals surface area (Å²) in [5.74, 6) is -1.17. The van der Waals surface area contributed by atoms with Gasteiger partial charge in [-0.05, 0) is 66.9 Å². The van der Waals surface area contributed by atoms with E-state index < -0.39 is 34.3 Å². The number of sulfonamides is 1. The zero-order valence-corrected chi connectivity index (χ0v) is 26.6. The number of halogens is 3. The fourth-order valence-corrected chi connectivity index (χ4v) is 6.11. The highest BCUT2D eigenvalue weighted by molar-refractivity contribution is 7.92. The molecule has 43 heavy (non-hydrogen) atoms. The van der Waals surface area contributed by atoms with E-state index in [9.17, 15) is 22.4 Å². The van der Waals surface area contributed by atoms with Crippen LogP contribution in [-0.2, 0) is 26.2 Å². The molecule has 0 unspecified atom stereocenters. The molecule has 0 aliphatic heterocycles. The summed E-state index contributed by atoms with van der Waals surface area (Å²) < 4.78 is 53.3. The van der Waals surface area contributed by atoms with E-state index in [1.54, 1.807) is 25.1 Å². The number of amides is 2. The van der Waals surface area contributed by atoms with E-state index in [0.717, 1.165) is 16.4 Å². The fourth-order valence-electron chi connectivity index (χ4n) is 4.36. The standard InChI is InChI=1S/C30H34Cl2FN3O6S/c1-5-15-34-30(38)26(6-2)35(18-20-7-13-24(31)25(32)16-20)29(37)19-36(22-10-8-21(33)9-11-22)43(39,40)23-12-14-27(41-3)28(17-23)42-4/h7-14,16-17,26H,5-6,15,18-19H2,1-4H3,(H,34,38)/t26-/m1/s1. The largest absolute Gasteiger partial charge is 0.493 e. The van der Waals surface area contributed by atoms with Gasteiger partial charge in [0.2, 0.25) is 11.8 Å². The summed E-state index contributed by atoms with van der Waals surface area (Å²) in [7, 11) is -1.64. The van der Waals surface area contributed by atoms with Crippen LogP contribution < -0.4 is 19.1 Å². The number of methoxy groups -OCH3 is 2. The Kier molecular flexibility index (Phi) is 12.1. The molecule has 13 heteroatoms. The first-order chi connectivity index (χ1) is 20.5. The predicted molar refractivity (Wildman–Crippen MR) is 165 cm³/mol. The number of nitrogens with zero attached hydrogens (tertiary/aromatic N) is 2. The molecule has 0 fully saturated rings. The maximum Gasteiger partial charge on any atom is 0.264 e. The van der Waals surface area contributed by atoms with Crippen molar-refractivity contribution in [3.05, 3.63) is 82.1 Å². The Balaban J connectivity index is 2.10. The van der Waals surface area contributed by atoms with Crippen LogP contribution in [0.1, 0.15) is 32.3 Å². The van der Waals surface area contributed by atoms with Gasteiger partial charge in [-0.15, -0.1) is 0 Å². The molecule has 232 valence electrons. The molecule has 3 rings (SSSR count). The first kappa shape index (κ1) is 34.0. The van der Waals surface area contributed by atoms with Gasteiger partial charge in [-0.1, -0.05) is 43.1 Å². The third kappa shape index (κ3) is 8.31. The molecule has 0 bridgehead atoms. The fraction of sp³-hybridized carbons (Fsp3) is 0.333. The second kappa shape index (κ2) is 15.3. The van der Waals surface area contributed by atoms with Crippen molar-refractivity contribution < 1.29 is 31.9 Å². The summed E-state index contributed by atoms with van der Waals surface area (Å²) in [5, 5.41) is 3.40. The SMILES string of the molecule is CCCNC(=O)[C@@H](CC)N(Cc1ccc(Cl)c(Cl)c1)C(=O)CN(c1ccc(F)cc1)S(=O)(=O)c1ccc(OC)c(OC)c1. The van der Waals surface area contributed by atoms with Crippen molar-refractivity contribution in [1.29, 1.82) is 0 Å². The number of anilines is 1. The summed E-state index contributed by atoms with van der Waals surface area (Å²) in [6.45, 7) is 3.31. The molecular weight excluding hydrogens is 620 g/mol. The average molecular weight is 655 g/mol. The molecule has 0 radical (unpaired) electrons. The molecule has 0 saturated carbocycles. The minimum Gasteiger partial charge on any atom is -0.493 e. The molecule has 0 aromatic heterocycles. The van der Waals surface area contributed by atoms with Gasteiger partial charge in [0.15, 0.2) is 11.5 Å². The molecule has 3 aromatic carbocycles. The number of rotatable bonds is 14. The number of benzene rings is 3. The Bertz CT molecular complexity index is 1540. The minimum atomic E-state index is -4.42. The van der Waals surface area contributed by atoms with Gasteiger partial charge in [-0.25, -0.2) is 12.8 Å². The van der Waals surface area contributed by atoms with Crippen LogP contribution in [-0.4, -0.2) is 58.5 Å². The molecule has 1 atom stereocenters. The Morgan fingerprint density at radius 2 is 1.60 bits per heavy atom. The monoisotopic (exact) mass is 653 g/mol. The third-order valence-corrected chi connectivity index (χ3v) is 9.12. The van der Waals surface area contributed by atoms with E-state index in [2.05, 4.69) is 5.32 Å². The summed E-state index contributed by atoms with van der Waals surface area (Å²) in [6, 6.07) is 12.6. The zero-order valence-electron chi connectivity index (χ0n) is 24.3. The smallest absolute Gasteiger partial charge is 0.264 e. The highest BCUT2D eigenvalue weighted by Crippen LogP contribution is 2.32. The molecule has 2 amide bonds. The minimum absolute atomic E-state index is 0.0440. The van der Waals surface area contributed by atoms with Gasteiger partial charge in [0.25, 0.3) is 10.0 Å². The van der Waals surface area contributed by atoms with Crippen molar-refractivity contribution in [2.45, 2.75) is 44.2 Å². The van der Waals surface area contributed by atoms with Crippen LogP contribution in [0.2, 0.25) is 10.0 Å². The summed E-state index contributed by atoms with van der Waals surface area (Å²) in [5.41, 5.74) is 0.628. The van der Waals surface area contributed by atoms with Gasteiger partial charge in [0.1, 0.15) is 18.4 Å². The lowest BCUT2D eigenvalue weighted by molar-refractivity contribution is -0.140. The van der Waals surface area contributed by atoms with Crippen LogP contribution in [0.3, 0.4) is 0 Å². The van der Waals surface area contributed by atoms with Gasteiger partial charge in [-0.2, -0.15) is 0 Å². The Hall–Kier alpha value is -3.54. The van der Waals surface area contributed by atoms with Crippen LogP contribution in [0.4, 0.5) is 10.1 Å². The van der Waals surface area contributed by atoms with Crippen molar-refractivity contribution in [3.8, 4) is 11.5 Å². The molecule has 0 heterocycles. The maximum absolute atomic E-state index is 14.1. The van der Waals surface area contributed by atoms with Crippen molar-refractivity contribution in [3.63, 3.8) is 0 Å². The Labute approximate surface area is 261 Å². The molecule has 9 nitrogen and oxygen atoms in total. The van der Waals surface area contributed by atoms with E-state index >= 15 is 0 Å². The first-order valence-electron chi connectivity index (χ1n) is 13.5. The molecule has 1 N–H and O–H groups in total.